The summed E-state index contributed by atoms with van der Waals surface area (Å²) in [5.74, 6) is -0.861. The second-order valence-electron chi connectivity index (χ2n) is 5.31. The second-order valence-corrected chi connectivity index (χ2v) is 5.31. The van der Waals surface area contributed by atoms with Crippen LogP contribution >= 0.6 is 0 Å². The number of hydrogen-bond donors (Lipinski definition) is 1. The number of aliphatic hydroxyl groups excluding tert-OH is 1. The summed E-state index contributed by atoms with van der Waals surface area (Å²) in [4.78, 5) is 0. The molecule has 4 nitrogen and oxygen atoms in total. The summed E-state index contributed by atoms with van der Waals surface area (Å²) in [6, 6.07) is 0. The molecule has 88 valence electrons. The minimum atomic E-state index is -0.999. The van der Waals surface area contributed by atoms with Gasteiger partial charge in [-0.15, -0.1) is 0 Å². The van der Waals surface area contributed by atoms with Gasteiger partial charge in [0.05, 0.1) is 32.3 Å². The summed E-state index contributed by atoms with van der Waals surface area (Å²) < 4.78 is 17.0. The third-order valence-corrected chi connectivity index (χ3v) is 3.32. The van der Waals surface area contributed by atoms with Crippen LogP contribution < -0.4 is 0 Å². The zero-order valence-corrected chi connectivity index (χ0v) is 9.66. The van der Waals surface area contributed by atoms with E-state index >= 15 is 0 Å². The molecule has 0 aromatic heterocycles. The van der Waals surface area contributed by atoms with Gasteiger partial charge in [0.1, 0.15) is 0 Å². The first kappa shape index (κ1) is 11.3. The van der Waals surface area contributed by atoms with Crippen LogP contribution in [0.2, 0.25) is 0 Å². The van der Waals surface area contributed by atoms with Crippen LogP contribution in [0.5, 0.6) is 0 Å². The lowest BCUT2D eigenvalue weighted by molar-refractivity contribution is -0.488. The molecule has 3 rings (SSSR count). The van der Waals surface area contributed by atoms with Crippen molar-refractivity contribution in [3.63, 3.8) is 0 Å². The quantitative estimate of drug-likeness (QED) is 0.764. The highest BCUT2D eigenvalue weighted by molar-refractivity contribution is 4.88. The molecular weight excluding hydrogens is 196 g/mol. The average molecular weight is 216 g/mol. The normalized spacial score (nSPS) is 42.2. The van der Waals surface area contributed by atoms with Gasteiger partial charge in [-0.1, -0.05) is 20.8 Å². The zero-order chi connectivity index (χ0) is 11.1. The average Bonchev–Trinajstić information content (AvgIpc) is 2.20. The summed E-state index contributed by atoms with van der Waals surface area (Å²) in [6.45, 7) is 8.12. The van der Waals surface area contributed by atoms with E-state index in [9.17, 15) is 5.11 Å². The van der Waals surface area contributed by atoms with Crippen molar-refractivity contribution >= 4 is 0 Å². The van der Waals surface area contributed by atoms with Crippen LogP contribution in [0.4, 0.5) is 0 Å². The van der Waals surface area contributed by atoms with E-state index in [2.05, 4.69) is 6.92 Å². The van der Waals surface area contributed by atoms with E-state index in [0.717, 1.165) is 0 Å². The lowest BCUT2D eigenvalue weighted by Crippen LogP contribution is -2.63. The van der Waals surface area contributed by atoms with Crippen LogP contribution in [0.25, 0.3) is 0 Å². The topological polar surface area (TPSA) is 47.9 Å². The van der Waals surface area contributed by atoms with Gasteiger partial charge < -0.3 is 19.3 Å². The highest BCUT2D eigenvalue weighted by Crippen LogP contribution is 2.43. The molecule has 1 unspecified atom stereocenters. The van der Waals surface area contributed by atoms with Crippen LogP contribution in [0.1, 0.15) is 20.8 Å². The van der Waals surface area contributed by atoms with Crippen LogP contribution in [0, 0.1) is 17.3 Å². The summed E-state index contributed by atoms with van der Waals surface area (Å²) in [7, 11) is 0. The summed E-state index contributed by atoms with van der Waals surface area (Å²) >= 11 is 0. The molecule has 3 aliphatic rings. The number of rotatable bonds is 3. The second kappa shape index (κ2) is 3.70. The van der Waals surface area contributed by atoms with Crippen LogP contribution in [0.15, 0.2) is 0 Å². The monoisotopic (exact) mass is 216 g/mol. The van der Waals surface area contributed by atoms with E-state index in [1.165, 1.54) is 0 Å². The molecule has 0 aliphatic carbocycles. The van der Waals surface area contributed by atoms with E-state index in [-0.39, 0.29) is 23.9 Å². The van der Waals surface area contributed by atoms with Crippen LogP contribution in [-0.2, 0) is 14.2 Å². The lowest BCUT2D eigenvalue weighted by Gasteiger charge is -2.53. The molecule has 4 heteroatoms. The van der Waals surface area contributed by atoms with Gasteiger partial charge in [0.2, 0.25) is 0 Å². The Morgan fingerprint density at radius 3 is 1.93 bits per heavy atom. The van der Waals surface area contributed by atoms with E-state index in [1.807, 2.05) is 13.8 Å². The minimum Gasteiger partial charge on any atom is -0.396 e. The molecule has 0 aromatic rings. The van der Waals surface area contributed by atoms with Gasteiger partial charge in [-0.2, -0.15) is 0 Å². The van der Waals surface area contributed by atoms with Gasteiger partial charge >= 0.3 is 0 Å². The van der Waals surface area contributed by atoms with Gasteiger partial charge in [0.15, 0.2) is 0 Å². The van der Waals surface area contributed by atoms with Crippen molar-refractivity contribution in [1.29, 1.82) is 0 Å². The number of hydrogen-bond acceptors (Lipinski definition) is 4. The van der Waals surface area contributed by atoms with Crippen LogP contribution in [0.3, 0.4) is 0 Å². The predicted octanol–water partition coefficient (Wildman–Crippen LogP) is 0.988. The molecule has 0 saturated carbocycles. The van der Waals surface area contributed by atoms with Gasteiger partial charge in [0.25, 0.3) is 5.97 Å². The summed E-state index contributed by atoms with van der Waals surface area (Å²) in [5, 5.41) is 9.39. The van der Waals surface area contributed by atoms with E-state index < -0.39 is 5.97 Å². The first-order valence-corrected chi connectivity index (χ1v) is 5.54. The molecule has 0 radical (unpaired) electrons. The lowest BCUT2D eigenvalue weighted by atomic mass is 9.87. The van der Waals surface area contributed by atoms with Crippen LogP contribution in [-0.4, -0.2) is 37.5 Å². The standard InChI is InChI=1S/C11H20O4/c1-8(2)9(4-12)11-13-5-10(3,6-14-11)7-15-11/h8-9,12H,4-7H2,1-3H3. The Kier molecular flexibility index (Phi) is 2.79. The summed E-state index contributed by atoms with van der Waals surface area (Å²) in [5.41, 5.74) is -0.0151. The van der Waals surface area contributed by atoms with E-state index in [4.69, 9.17) is 14.2 Å². The molecule has 0 amide bonds. The fourth-order valence-electron chi connectivity index (χ4n) is 2.13. The summed E-state index contributed by atoms with van der Waals surface area (Å²) in [6.07, 6.45) is 0. The Morgan fingerprint density at radius 2 is 1.60 bits per heavy atom. The number of fused-ring (bicyclic) bond motifs is 3. The molecule has 3 fully saturated rings. The van der Waals surface area contributed by atoms with Gasteiger partial charge in [-0.3, -0.25) is 0 Å². The predicted molar refractivity (Wildman–Crippen MR) is 54.1 cm³/mol. The molecule has 3 aliphatic heterocycles. The van der Waals surface area contributed by atoms with E-state index in [0.29, 0.717) is 19.8 Å². The zero-order valence-electron chi connectivity index (χ0n) is 9.66. The fourth-order valence-corrected chi connectivity index (χ4v) is 2.13. The maximum atomic E-state index is 9.39. The maximum Gasteiger partial charge on any atom is 0.288 e. The first-order chi connectivity index (χ1) is 7.01. The highest BCUT2D eigenvalue weighted by atomic mass is 16.9. The molecule has 3 heterocycles. The molecule has 1 N–H and O–H groups in total. The van der Waals surface area contributed by atoms with Crippen molar-refractivity contribution in [3.8, 4) is 0 Å². The third kappa shape index (κ3) is 1.80. The SMILES string of the molecule is CC(C)C(CO)C12OCC(C)(CO1)CO2. The highest BCUT2D eigenvalue weighted by Gasteiger charge is 2.55. The number of ether oxygens (including phenoxy) is 3. The third-order valence-electron chi connectivity index (χ3n) is 3.32. The Balaban J connectivity index is 2.14. The minimum absolute atomic E-state index is 0.0151. The Hall–Kier alpha value is -0.160. The smallest absolute Gasteiger partial charge is 0.288 e. The first-order valence-electron chi connectivity index (χ1n) is 5.54. The molecule has 1 atom stereocenters. The van der Waals surface area contributed by atoms with E-state index in [1.54, 1.807) is 0 Å². The molecular formula is C11H20O4. The molecule has 0 spiro atoms. The molecule has 2 bridgehead atoms. The Labute approximate surface area is 90.5 Å². The van der Waals surface area contributed by atoms with Crippen molar-refractivity contribution in [1.82, 2.24) is 0 Å². The van der Waals surface area contributed by atoms with Crippen molar-refractivity contribution < 1.29 is 19.3 Å². The molecule has 15 heavy (non-hydrogen) atoms. The molecule has 3 saturated heterocycles. The van der Waals surface area contributed by atoms with Crippen molar-refractivity contribution in [3.05, 3.63) is 0 Å². The fraction of sp³-hybridized carbons (Fsp3) is 1.00. The van der Waals surface area contributed by atoms with Gasteiger partial charge in [-0.05, 0) is 5.92 Å². The number of aliphatic hydroxyl groups is 1. The largest absolute Gasteiger partial charge is 0.396 e. The van der Waals surface area contributed by atoms with Crippen molar-refractivity contribution in [2.75, 3.05) is 26.4 Å². The van der Waals surface area contributed by atoms with Crippen molar-refractivity contribution in [2.45, 2.75) is 26.7 Å². The van der Waals surface area contributed by atoms with Gasteiger partial charge in [-0.25, -0.2) is 0 Å². The Bertz CT molecular complexity index is 214. The molecule has 0 aromatic carbocycles. The van der Waals surface area contributed by atoms with Gasteiger partial charge in [0, 0.05) is 5.41 Å². The Morgan fingerprint density at radius 1 is 1.13 bits per heavy atom. The maximum absolute atomic E-state index is 9.39. The van der Waals surface area contributed by atoms with Crippen molar-refractivity contribution in [2.24, 2.45) is 17.3 Å².